The molecule has 1 saturated heterocycles. The van der Waals surface area contributed by atoms with Crippen LogP contribution >= 0.6 is 31.3 Å². The molecule has 0 amide bonds. The summed E-state index contributed by atoms with van der Waals surface area (Å²) in [6.07, 6.45) is 3.22. The van der Waals surface area contributed by atoms with Gasteiger partial charge in [-0.2, -0.15) is 0 Å². The second-order valence-corrected chi connectivity index (χ2v) is 17.1. The van der Waals surface area contributed by atoms with E-state index in [1.165, 1.54) is 29.8 Å². The van der Waals surface area contributed by atoms with Crippen molar-refractivity contribution in [3.8, 4) is 50.3 Å². The number of piperazine rings is 1. The second-order valence-electron chi connectivity index (χ2n) is 14.7. The standard InChI is InChI=1S/C46H43ClFN6O6PS.CH4O/c1-29-37(14-15-39(42(29)47)58-23-22-54-20-18-49-19-21-54)40-41-45(51-28-52-46(41)62-43(40)31-10-12-34(48)13-11-31)60-36(25-55)24-33-4-2-3-5-38(33)59-26-35-16-17-50-44(53-35)32-8-6-30(7-9-32)27-61(56)57;1-2/h2-17,25,28,36,49,56-57H,18-24,26-27H2,1H3;2H,1H3. The summed E-state index contributed by atoms with van der Waals surface area (Å²) >= 11 is 8.46. The number of fused-ring (bicyclic) bond motifs is 1. The van der Waals surface area contributed by atoms with Gasteiger partial charge in [0.1, 0.15) is 41.7 Å². The number of thiophene rings is 1. The summed E-state index contributed by atoms with van der Waals surface area (Å²) in [4.78, 5) is 53.6. The molecule has 13 nitrogen and oxygen atoms in total. The molecule has 0 aliphatic carbocycles. The van der Waals surface area contributed by atoms with E-state index in [9.17, 15) is 19.0 Å². The van der Waals surface area contributed by atoms with E-state index in [0.29, 0.717) is 44.9 Å². The molecule has 8 rings (SSSR count). The van der Waals surface area contributed by atoms with E-state index >= 15 is 0 Å². The van der Waals surface area contributed by atoms with Crippen LogP contribution in [0.15, 0.2) is 104 Å². The number of aldehydes is 1. The lowest BCUT2D eigenvalue weighted by Gasteiger charge is -2.27. The summed E-state index contributed by atoms with van der Waals surface area (Å²) in [5, 5.41) is 11.4. The molecule has 7 aromatic rings. The van der Waals surface area contributed by atoms with Gasteiger partial charge in [-0.05, 0) is 65.1 Å². The highest BCUT2D eigenvalue weighted by Crippen LogP contribution is 2.49. The second kappa shape index (κ2) is 22.4. The molecule has 1 atom stereocenters. The Morgan fingerprint density at radius 2 is 1.67 bits per heavy atom. The van der Waals surface area contributed by atoms with Crippen molar-refractivity contribution in [1.29, 1.82) is 0 Å². The fourth-order valence-electron chi connectivity index (χ4n) is 7.30. The molecule has 4 heterocycles. The molecular formula is C47H47ClFN6O7PS. The van der Waals surface area contributed by atoms with Crippen LogP contribution in [0.3, 0.4) is 0 Å². The van der Waals surface area contributed by atoms with Crippen molar-refractivity contribution < 1.29 is 38.3 Å². The molecule has 1 aliphatic rings. The number of aliphatic hydroxyl groups excluding tert-OH is 1. The maximum Gasteiger partial charge on any atom is 0.226 e. The van der Waals surface area contributed by atoms with E-state index < -0.39 is 14.5 Å². The van der Waals surface area contributed by atoms with Gasteiger partial charge in [-0.3, -0.25) is 9.69 Å². The van der Waals surface area contributed by atoms with Crippen LogP contribution in [0, 0.1) is 12.7 Å². The minimum atomic E-state index is -2.03. The fourth-order valence-corrected chi connectivity index (χ4v) is 9.21. The number of rotatable bonds is 17. The SMILES string of the molecule is CO.Cc1c(-c2c(-c3ccc(F)cc3)sc3ncnc(OC(C=O)Cc4ccccc4OCc4ccnc(-c5ccc(CP(O)O)cc5)n4)c23)ccc(OCCN2CCNCC2)c1Cl. The molecule has 4 N–H and O–H groups in total. The molecule has 0 radical (unpaired) electrons. The van der Waals surface area contributed by atoms with E-state index in [2.05, 4.69) is 30.2 Å². The maximum atomic E-state index is 14.2. The summed E-state index contributed by atoms with van der Waals surface area (Å²) in [6.45, 7) is 7.19. The zero-order chi connectivity index (χ0) is 45.0. The summed E-state index contributed by atoms with van der Waals surface area (Å²) in [5.41, 5.74) is 6.05. The third-order valence-electron chi connectivity index (χ3n) is 10.5. The van der Waals surface area contributed by atoms with Crippen molar-refractivity contribution in [3.05, 3.63) is 137 Å². The molecule has 64 heavy (non-hydrogen) atoms. The lowest BCUT2D eigenvalue weighted by atomic mass is 9.96. The summed E-state index contributed by atoms with van der Waals surface area (Å²) in [6, 6.07) is 26.6. The minimum Gasteiger partial charge on any atom is -0.491 e. The van der Waals surface area contributed by atoms with Crippen LogP contribution in [0.4, 0.5) is 4.39 Å². The Labute approximate surface area is 380 Å². The Balaban J connectivity index is 0.00000302. The van der Waals surface area contributed by atoms with Gasteiger partial charge in [-0.15, -0.1) is 11.3 Å². The molecular weight excluding hydrogens is 878 g/mol. The quantitative estimate of drug-likeness (QED) is 0.0512. The van der Waals surface area contributed by atoms with Gasteiger partial charge in [-0.25, -0.2) is 24.3 Å². The number of benzene rings is 4. The third-order valence-corrected chi connectivity index (χ3v) is 12.8. The monoisotopic (exact) mass is 924 g/mol. The first-order valence-corrected chi connectivity index (χ1v) is 23.1. The minimum absolute atomic E-state index is 0.134. The molecule has 1 aliphatic heterocycles. The molecule has 1 unspecified atom stereocenters. The largest absolute Gasteiger partial charge is 0.491 e. The number of ether oxygens (including phenoxy) is 3. The van der Waals surface area contributed by atoms with Crippen LogP contribution in [0.25, 0.3) is 43.2 Å². The summed E-state index contributed by atoms with van der Waals surface area (Å²) in [7, 11) is -1.03. The highest BCUT2D eigenvalue weighted by Gasteiger charge is 2.26. The molecule has 17 heteroatoms. The first kappa shape index (κ1) is 46.5. The van der Waals surface area contributed by atoms with Crippen molar-refractivity contribution in [2.75, 3.05) is 46.4 Å². The van der Waals surface area contributed by atoms with Crippen LogP contribution in [-0.2, 0) is 24.0 Å². The molecule has 3 aromatic heterocycles. The average molecular weight is 925 g/mol. The fraction of sp³-hybridized carbons (Fsp3) is 0.255. The smallest absolute Gasteiger partial charge is 0.226 e. The van der Waals surface area contributed by atoms with Crippen molar-refractivity contribution >= 4 is 47.8 Å². The van der Waals surface area contributed by atoms with E-state index in [4.69, 9.17) is 30.9 Å². The lowest BCUT2D eigenvalue weighted by Crippen LogP contribution is -2.44. The Morgan fingerprint density at radius 1 is 0.922 bits per heavy atom. The van der Waals surface area contributed by atoms with Crippen molar-refractivity contribution in [2.24, 2.45) is 0 Å². The number of nitrogens with zero attached hydrogens (tertiary/aromatic N) is 5. The Hall–Kier alpha value is -5.48. The molecule has 0 saturated carbocycles. The third kappa shape index (κ3) is 11.4. The lowest BCUT2D eigenvalue weighted by molar-refractivity contribution is -0.113. The molecule has 4 aromatic carbocycles. The van der Waals surface area contributed by atoms with Gasteiger partial charge < -0.3 is 34.4 Å². The normalized spacial score (nSPS) is 13.3. The summed E-state index contributed by atoms with van der Waals surface area (Å²) in [5.74, 6) is 1.50. The van der Waals surface area contributed by atoms with Gasteiger partial charge in [0.05, 0.1) is 16.1 Å². The number of halogens is 2. The van der Waals surface area contributed by atoms with Crippen LogP contribution in [0.2, 0.25) is 5.02 Å². The van der Waals surface area contributed by atoms with Gasteiger partial charge in [0.2, 0.25) is 5.88 Å². The number of aromatic nitrogens is 4. The first-order valence-electron chi connectivity index (χ1n) is 20.5. The number of aliphatic hydroxyl groups is 1. The van der Waals surface area contributed by atoms with E-state index in [1.807, 2.05) is 67.6 Å². The Morgan fingerprint density at radius 3 is 2.42 bits per heavy atom. The predicted octanol–water partition coefficient (Wildman–Crippen LogP) is 8.04. The highest BCUT2D eigenvalue weighted by molar-refractivity contribution is 7.44. The zero-order valence-electron chi connectivity index (χ0n) is 35.2. The maximum absolute atomic E-state index is 14.2. The molecule has 332 valence electrons. The van der Waals surface area contributed by atoms with Crippen LogP contribution in [0.5, 0.6) is 17.4 Å². The predicted molar refractivity (Wildman–Crippen MR) is 248 cm³/mol. The van der Waals surface area contributed by atoms with Crippen molar-refractivity contribution in [3.63, 3.8) is 0 Å². The van der Waals surface area contributed by atoms with Gasteiger partial charge in [-0.1, -0.05) is 72.3 Å². The number of carbonyl (C=O) groups is 1. The van der Waals surface area contributed by atoms with Crippen LogP contribution in [0.1, 0.15) is 22.4 Å². The zero-order valence-corrected chi connectivity index (χ0v) is 37.6. The average Bonchev–Trinajstić information content (AvgIpc) is 3.71. The highest BCUT2D eigenvalue weighted by atomic mass is 35.5. The van der Waals surface area contributed by atoms with Crippen LogP contribution < -0.4 is 19.5 Å². The number of carbonyl (C=O) groups excluding carboxylic acids is 1. The summed E-state index contributed by atoms with van der Waals surface area (Å²) < 4.78 is 33.1. The molecule has 0 bridgehead atoms. The van der Waals surface area contributed by atoms with Crippen molar-refractivity contribution in [1.82, 2.24) is 30.2 Å². The van der Waals surface area contributed by atoms with Gasteiger partial charge in [0.15, 0.2) is 26.6 Å². The number of nitrogens with one attached hydrogen (secondary N) is 1. The topological polar surface area (TPSA) is 172 Å². The molecule has 0 spiro atoms. The first-order chi connectivity index (χ1) is 31.2. The van der Waals surface area contributed by atoms with Gasteiger partial charge in [0.25, 0.3) is 0 Å². The Bertz CT molecular complexity index is 2650. The Kier molecular flexibility index (Phi) is 16.3. The number of para-hydroxylation sites is 1. The van der Waals surface area contributed by atoms with Crippen molar-refractivity contribution in [2.45, 2.75) is 32.2 Å². The van der Waals surface area contributed by atoms with E-state index in [1.54, 1.807) is 24.4 Å². The molecule has 1 fully saturated rings. The van der Waals surface area contributed by atoms with E-state index in [-0.39, 0.29) is 30.9 Å². The number of hydrogen-bond donors (Lipinski definition) is 4. The van der Waals surface area contributed by atoms with Gasteiger partial charge >= 0.3 is 0 Å². The van der Waals surface area contributed by atoms with Gasteiger partial charge in [0, 0.05) is 74.6 Å². The number of hydrogen-bond acceptors (Lipinski definition) is 14. The van der Waals surface area contributed by atoms with Crippen LogP contribution in [-0.4, -0.2) is 98.6 Å². The van der Waals surface area contributed by atoms with E-state index in [0.717, 1.165) is 89.9 Å².